The van der Waals surface area contributed by atoms with Crippen LogP contribution in [0.25, 0.3) is 0 Å². The first-order valence-electron chi connectivity index (χ1n) is 7.18. The summed E-state index contributed by atoms with van der Waals surface area (Å²) in [4.78, 5) is 0. The summed E-state index contributed by atoms with van der Waals surface area (Å²) in [5.41, 5.74) is 4.14. The van der Waals surface area contributed by atoms with Crippen molar-refractivity contribution < 1.29 is 0 Å². The Hall–Kier alpha value is -1.47. The Labute approximate surface area is 126 Å². The fourth-order valence-corrected chi connectivity index (χ4v) is 3.32. The quantitative estimate of drug-likeness (QED) is 0.761. The summed E-state index contributed by atoms with van der Waals surface area (Å²) >= 11 is 6.26. The van der Waals surface area contributed by atoms with Crippen LogP contribution in [-0.2, 0) is 5.41 Å². The largest absolute Gasteiger partial charge is 0.377 e. The lowest BCUT2D eigenvalue weighted by Crippen LogP contribution is -2.29. The molecule has 0 saturated heterocycles. The molecule has 0 heterocycles. The minimum absolute atomic E-state index is 0.259. The van der Waals surface area contributed by atoms with E-state index < -0.39 is 0 Å². The maximum Gasteiger partial charge on any atom is 0.0637 e. The van der Waals surface area contributed by atoms with E-state index in [-0.39, 0.29) is 5.41 Å². The summed E-state index contributed by atoms with van der Waals surface area (Å²) in [5, 5.41) is 4.40. The number of anilines is 1. The van der Waals surface area contributed by atoms with Gasteiger partial charge in [0.25, 0.3) is 0 Å². The number of hydrogen-bond acceptors (Lipinski definition) is 1. The maximum atomic E-state index is 6.26. The lowest BCUT2D eigenvalue weighted by atomic mass is 9.71. The standard InChI is InChI=1S/C18H20ClN/c1-18(2)12-11-16(13-7-3-4-8-14(13)18)20-17-10-6-5-9-15(17)19/h3-10,16,20H,11-12H2,1-2H3. The van der Waals surface area contributed by atoms with Crippen LogP contribution in [0.2, 0.25) is 5.02 Å². The molecule has 1 aliphatic rings. The monoisotopic (exact) mass is 285 g/mol. The molecule has 1 nitrogen and oxygen atoms in total. The van der Waals surface area contributed by atoms with Crippen molar-refractivity contribution in [1.82, 2.24) is 0 Å². The van der Waals surface area contributed by atoms with Crippen LogP contribution < -0.4 is 5.32 Å². The third-order valence-electron chi connectivity index (χ3n) is 4.33. The van der Waals surface area contributed by atoms with Gasteiger partial charge in [-0.15, -0.1) is 0 Å². The van der Waals surface area contributed by atoms with Crippen molar-refractivity contribution in [3.63, 3.8) is 0 Å². The van der Waals surface area contributed by atoms with Crippen molar-refractivity contribution in [1.29, 1.82) is 0 Å². The summed E-state index contributed by atoms with van der Waals surface area (Å²) < 4.78 is 0. The SMILES string of the molecule is CC1(C)CCC(Nc2ccccc2Cl)c2ccccc21. The second-order valence-electron chi connectivity index (χ2n) is 6.19. The number of halogens is 1. The van der Waals surface area contributed by atoms with Crippen molar-refractivity contribution in [2.24, 2.45) is 0 Å². The molecule has 2 aromatic rings. The molecule has 0 spiro atoms. The fourth-order valence-electron chi connectivity index (χ4n) is 3.13. The Kier molecular flexibility index (Phi) is 3.47. The van der Waals surface area contributed by atoms with Crippen LogP contribution in [0.4, 0.5) is 5.69 Å². The highest BCUT2D eigenvalue weighted by Gasteiger charge is 2.32. The molecular formula is C18H20ClN. The first-order chi connectivity index (χ1) is 9.58. The van der Waals surface area contributed by atoms with E-state index in [1.54, 1.807) is 0 Å². The molecule has 20 heavy (non-hydrogen) atoms. The first-order valence-corrected chi connectivity index (χ1v) is 7.56. The zero-order valence-corrected chi connectivity index (χ0v) is 12.7. The van der Waals surface area contributed by atoms with Crippen LogP contribution in [0.3, 0.4) is 0 Å². The minimum Gasteiger partial charge on any atom is -0.377 e. The van der Waals surface area contributed by atoms with Crippen LogP contribution in [-0.4, -0.2) is 0 Å². The van der Waals surface area contributed by atoms with Crippen LogP contribution >= 0.6 is 11.6 Å². The van der Waals surface area contributed by atoms with Gasteiger partial charge in [-0.25, -0.2) is 0 Å². The molecule has 0 aliphatic heterocycles. The second-order valence-corrected chi connectivity index (χ2v) is 6.59. The van der Waals surface area contributed by atoms with Crippen LogP contribution in [0.1, 0.15) is 43.9 Å². The summed E-state index contributed by atoms with van der Waals surface area (Å²) in [6.45, 7) is 4.66. The summed E-state index contributed by atoms with van der Waals surface area (Å²) in [6, 6.07) is 17.1. The molecule has 0 amide bonds. The van der Waals surface area contributed by atoms with Gasteiger partial charge >= 0.3 is 0 Å². The van der Waals surface area contributed by atoms with Crippen LogP contribution in [0, 0.1) is 0 Å². The van der Waals surface area contributed by atoms with Gasteiger partial charge in [-0.3, -0.25) is 0 Å². The van der Waals surface area contributed by atoms with Gasteiger partial charge in [0, 0.05) is 0 Å². The molecule has 3 rings (SSSR count). The van der Waals surface area contributed by atoms with Gasteiger partial charge in [-0.2, -0.15) is 0 Å². The Balaban J connectivity index is 1.95. The lowest BCUT2D eigenvalue weighted by Gasteiger charge is -2.37. The predicted molar refractivity (Wildman–Crippen MR) is 86.5 cm³/mol. The molecule has 1 atom stereocenters. The van der Waals surface area contributed by atoms with E-state index in [1.807, 2.05) is 24.3 Å². The predicted octanol–water partition coefficient (Wildman–Crippen LogP) is 5.56. The molecule has 2 aromatic carbocycles. The molecular weight excluding hydrogens is 266 g/mol. The van der Waals surface area contributed by atoms with Crippen molar-refractivity contribution in [2.45, 2.75) is 38.1 Å². The second kappa shape index (κ2) is 5.14. The van der Waals surface area contributed by atoms with E-state index in [2.05, 4.69) is 43.4 Å². The van der Waals surface area contributed by atoms with E-state index in [9.17, 15) is 0 Å². The Morgan fingerprint density at radius 3 is 2.55 bits per heavy atom. The van der Waals surface area contributed by atoms with Gasteiger partial charge in [0.1, 0.15) is 0 Å². The van der Waals surface area contributed by atoms with Gasteiger partial charge in [0.05, 0.1) is 16.8 Å². The number of rotatable bonds is 2. The molecule has 104 valence electrons. The molecule has 0 fully saturated rings. The van der Waals surface area contributed by atoms with Crippen molar-refractivity contribution in [3.05, 3.63) is 64.7 Å². The summed E-state index contributed by atoms with van der Waals surface area (Å²) in [5.74, 6) is 0. The van der Waals surface area contributed by atoms with E-state index in [0.717, 1.165) is 17.1 Å². The minimum atomic E-state index is 0.259. The van der Waals surface area contributed by atoms with Gasteiger partial charge in [-0.05, 0) is 41.5 Å². The van der Waals surface area contributed by atoms with E-state index in [0.29, 0.717) is 6.04 Å². The molecule has 0 saturated carbocycles. The third kappa shape index (κ3) is 2.43. The van der Waals surface area contributed by atoms with Crippen LogP contribution in [0.15, 0.2) is 48.5 Å². The van der Waals surface area contributed by atoms with E-state index in [4.69, 9.17) is 11.6 Å². The highest BCUT2D eigenvalue weighted by Crippen LogP contribution is 2.43. The molecule has 0 aromatic heterocycles. The van der Waals surface area contributed by atoms with Gasteiger partial charge in [-0.1, -0.05) is 61.8 Å². The van der Waals surface area contributed by atoms with Crippen molar-refractivity contribution in [3.8, 4) is 0 Å². The average Bonchev–Trinajstić information content (AvgIpc) is 2.44. The Morgan fingerprint density at radius 2 is 1.75 bits per heavy atom. The fraction of sp³-hybridized carbons (Fsp3) is 0.333. The van der Waals surface area contributed by atoms with E-state index >= 15 is 0 Å². The summed E-state index contributed by atoms with van der Waals surface area (Å²) in [7, 11) is 0. The molecule has 0 radical (unpaired) electrons. The molecule has 1 N–H and O–H groups in total. The number of hydrogen-bond donors (Lipinski definition) is 1. The zero-order chi connectivity index (χ0) is 14.2. The Bertz CT molecular complexity index is 618. The summed E-state index contributed by atoms with van der Waals surface area (Å²) in [6.07, 6.45) is 2.32. The van der Waals surface area contributed by atoms with E-state index in [1.165, 1.54) is 17.5 Å². The normalized spacial score (nSPS) is 20.2. The third-order valence-corrected chi connectivity index (χ3v) is 4.66. The molecule has 2 heteroatoms. The molecule has 1 aliphatic carbocycles. The first kappa shape index (κ1) is 13.5. The highest BCUT2D eigenvalue weighted by molar-refractivity contribution is 6.33. The zero-order valence-electron chi connectivity index (χ0n) is 12.0. The highest BCUT2D eigenvalue weighted by atomic mass is 35.5. The molecule has 0 bridgehead atoms. The number of para-hydroxylation sites is 1. The number of nitrogens with one attached hydrogen (secondary N) is 1. The molecule has 1 unspecified atom stereocenters. The maximum absolute atomic E-state index is 6.26. The van der Waals surface area contributed by atoms with Crippen molar-refractivity contribution in [2.75, 3.05) is 5.32 Å². The van der Waals surface area contributed by atoms with Gasteiger partial charge in [0.15, 0.2) is 0 Å². The Morgan fingerprint density at radius 1 is 1.05 bits per heavy atom. The smallest absolute Gasteiger partial charge is 0.0637 e. The van der Waals surface area contributed by atoms with Crippen LogP contribution in [0.5, 0.6) is 0 Å². The van der Waals surface area contributed by atoms with Gasteiger partial charge in [0.2, 0.25) is 0 Å². The lowest BCUT2D eigenvalue weighted by molar-refractivity contribution is 0.406. The van der Waals surface area contributed by atoms with Gasteiger partial charge < -0.3 is 5.32 Å². The number of fused-ring (bicyclic) bond motifs is 1. The topological polar surface area (TPSA) is 12.0 Å². The van der Waals surface area contributed by atoms with Crippen molar-refractivity contribution >= 4 is 17.3 Å². The number of benzene rings is 2. The average molecular weight is 286 g/mol.